The van der Waals surface area contributed by atoms with Crippen LogP contribution in [0.4, 0.5) is 11.4 Å². The Balaban J connectivity index is 1.72. The Bertz CT molecular complexity index is 976. The highest BCUT2D eigenvalue weighted by Crippen LogP contribution is 2.33. The van der Waals surface area contributed by atoms with Crippen molar-refractivity contribution in [3.05, 3.63) is 115 Å². The molecule has 0 atom stereocenters. The smallest absolute Gasteiger partial charge is 0.0863 e. The van der Waals surface area contributed by atoms with Crippen molar-refractivity contribution in [3.63, 3.8) is 0 Å². The fraction of sp³-hybridized carbons (Fsp3) is 0. The van der Waals surface area contributed by atoms with Gasteiger partial charge in [-0.25, -0.2) is 0 Å². The molecule has 27 heavy (non-hydrogen) atoms. The normalized spacial score (nSPS) is 11.1. The van der Waals surface area contributed by atoms with Crippen LogP contribution in [0.3, 0.4) is 0 Å². The molecule has 0 aromatic heterocycles. The maximum Gasteiger partial charge on any atom is 0.0863 e. The number of hydrogen-bond acceptors (Lipinski definition) is 2. The minimum atomic E-state index is -0.629. The Hall–Kier alpha value is -3.09. The number of rotatable bonds is 5. The molecule has 0 saturated carbocycles. The van der Waals surface area contributed by atoms with Gasteiger partial charge < -0.3 is 0 Å². The molecule has 130 valence electrons. The lowest BCUT2D eigenvalue weighted by molar-refractivity contribution is 1.23. The molecule has 4 aromatic rings. The summed E-state index contributed by atoms with van der Waals surface area (Å²) in [6, 6.07) is 39.6. The third-order valence-electron chi connectivity index (χ3n) is 4.15. The van der Waals surface area contributed by atoms with E-state index >= 15 is 0 Å². The highest BCUT2D eigenvalue weighted by molar-refractivity contribution is 7.79. The van der Waals surface area contributed by atoms with Crippen LogP contribution in [0.5, 0.6) is 0 Å². The van der Waals surface area contributed by atoms with Crippen LogP contribution < -0.4 is 15.9 Å². The molecule has 3 heteroatoms. The van der Waals surface area contributed by atoms with Crippen LogP contribution in [0.15, 0.2) is 125 Å². The van der Waals surface area contributed by atoms with Gasteiger partial charge in [-0.2, -0.15) is 10.2 Å². The quantitative estimate of drug-likeness (QED) is 0.312. The highest BCUT2D eigenvalue weighted by atomic mass is 31.1. The first-order chi connectivity index (χ1) is 13.4. The SMILES string of the molecule is c1ccc(N=Nc2cccc(P(c3ccccc3)c3ccccc3)c2)cc1. The van der Waals surface area contributed by atoms with E-state index in [-0.39, 0.29) is 0 Å². The number of nitrogens with zero attached hydrogens (tertiary/aromatic N) is 2. The van der Waals surface area contributed by atoms with Gasteiger partial charge in [0.1, 0.15) is 0 Å². The summed E-state index contributed by atoms with van der Waals surface area (Å²) in [4.78, 5) is 0. The third kappa shape index (κ3) is 4.36. The van der Waals surface area contributed by atoms with Crippen molar-refractivity contribution in [1.82, 2.24) is 0 Å². The van der Waals surface area contributed by atoms with Crippen LogP contribution >= 0.6 is 7.92 Å². The van der Waals surface area contributed by atoms with Crippen LogP contribution in [0, 0.1) is 0 Å². The standard InChI is InChI=1S/C24H19N2P/c1-4-11-20(12-5-1)25-26-21-13-10-18-24(19-21)27(22-14-6-2-7-15-22)23-16-8-3-9-17-23/h1-19H. The second kappa shape index (κ2) is 8.53. The lowest BCUT2D eigenvalue weighted by Crippen LogP contribution is -2.20. The molecule has 4 rings (SSSR count). The Morgan fingerprint density at radius 1 is 0.407 bits per heavy atom. The number of azo groups is 1. The van der Waals surface area contributed by atoms with Crippen molar-refractivity contribution in [2.75, 3.05) is 0 Å². The predicted octanol–water partition coefficient (Wildman–Crippen LogP) is 5.86. The summed E-state index contributed by atoms with van der Waals surface area (Å²) < 4.78 is 0. The lowest BCUT2D eigenvalue weighted by Gasteiger charge is -2.19. The zero-order chi connectivity index (χ0) is 18.3. The molecule has 0 aliphatic heterocycles. The summed E-state index contributed by atoms with van der Waals surface area (Å²) in [7, 11) is -0.629. The summed E-state index contributed by atoms with van der Waals surface area (Å²) in [6.07, 6.45) is 0. The van der Waals surface area contributed by atoms with E-state index in [1.54, 1.807) is 0 Å². The van der Waals surface area contributed by atoms with E-state index in [1.165, 1.54) is 15.9 Å². The third-order valence-corrected chi connectivity index (χ3v) is 6.58. The van der Waals surface area contributed by atoms with Gasteiger partial charge in [0.15, 0.2) is 0 Å². The zero-order valence-electron chi connectivity index (χ0n) is 14.8. The Morgan fingerprint density at radius 3 is 1.44 bits per heavy atom. The summed E-state index contributed by atoms with van der Waals surface area (Å²) >= 11 is 0. The van der Waals surface area contributed by atoms with Gasteiger partial charge >= 0.3 is 0 Å². The monoisotopic (exact) mass is 366 g/mol. The summed E-state index contributed by atoms with van der Waals surface area (Å²) in [5.41, 5.74) is 1.73. The minimum Gasteiger partial charge on any atom is -0.151 e. The van der Waals surface area contributed by atoms with Crippen molar-refractivity contribution < 1.29 is 0 Å². The van der Waals surface area contributed by atoms with E-state index in [0.717, 1.165) is 11.4 Å². The minimum absolute atomic E-state index is 0.629. The Kier molecular flexibility index (Phi) is 5.47. The van der Waals surface area contributed by atoms with Gasteiger partial charge in [0.25, 0.3) is 0 Å². The van der Waals surface area contributed by atoms with E-state index in [1.807, 2.05) is 36.4 Å². The van der Waals surface area contributed by atoms with Gasteiger partial charge in [0, 0.05) is 0 Å². The summed E-state index contributed by atoms with van der Waals surface area (Å²) in [5, 5.41) is 12.7. The van der Waals surface area contributed by atoms with Gasteiger partial charge in [0.05, 0.1) is 11.4 Å². The zero-order valence-corrected chi connectivity index (χ0v) is 15.7. The summed E-state index contributed by atoms with van der Waals surface area (Å²) in [5.74, 6) is 0. The molecule has 0 unspecified atom stereocenters. The molecule has 2 nitrogen and oxygen atoms in total. The largest absolute Gasteiger partial charge is 0.151 e. The molecule has 0 aliphatic carbocycles. The fourth-order valence-corrected chi connectivity index (χ4v) is 5.24. The molecule has 0 fully saturated rings. The van der Waals surface area contributed by atoms with Gasteiger partial charge in [-0.1, -0.05) is 91.0 Å². The van der Waals surface area contributed by atoms with Crippen LogP contribution in [-0.2, 0) is 0 Å². The first-order valence-electron chi connectivity index (χ1n) is 8.87. The van der Waals surface area contributed by atoms with E-state index in [4.69, 9.17) is 0 Å². The van der Waals surface area contributed by atoms with Crippen LogP contribution in [0.2, 0.25) is 0 Å². The van der Waals surface area contributed by atoms with Crippen molar-refractivity contribution in [2.24, 2.45) is 10.2 Å². The predicted molar refractivity (Wildman–Crippen MR) is 116 cm³/mol. The van der Waals surface area contributed by atoms with Crippen molar-refractivity contribution >= 4 is 35.2 Å². The molecule has 4 aromatic carbocycles. The molecule has 0 spiro atoms. The van der Waals surface area contributed by atoms with Crippen LogP contribution in [0.25, 0.3) is 0 Å². The van der Waals surface area contributed by atoms with Gasteiger partial charge in [-0.05, 0) is 48.1 Å². The van der Waals surface area contributed by atoms with Gasteiger partial charge in [0.2, 0.25) is 0 Å². The van der Waals surface area contributed by atoms with Gasteiger partial charge in [-0.3, -0.25) is 0 Å². The Labute approximate surface area is 161 Å². The highest BCUT2D eigenvalue weighted by Gasteiger charge is 2.16. The van der Waals surface area contributed by atoms with E-state index < -0.39 is 7.92 Å². The molecule has 0 bridgehead atoms. The molecule has 0 N–H and O–H groups in total. The molecule has 0 amide bonds. The maximum absolute atomic E-state index is 4.44. The molecule has 0 aliphatic rings. The lowest BCUT2D eigenvalue weighted by atomic mass is 10.3. The average molecular weight is 366 g/mol. The van der Waals surface area contributed by atoms with Crippen molar-refractivity contribution in [2.45, 2.75) is 0 Å². The Morgan fingerprint density at radius 2 is 0.852 bits per heavy atom. The number of benzene rings is 4. The summed E-state index contributed by atoms with van der Waals surface area (Å²) in [6.45, 7) is 0. The van der Waals surface area contributed by atoms with E-state index in [0.29, 0.717) is 0 Å². The molecule has 0 radical (unpaired) electrons. The maximum atomic E-state index is 4.44. The first-order valence-corrected chi connectivity index (χ1v) is 10.2. The second-order valence-electron chi connectivity index (χ2n) is 6.06. The van der Waals surface area contributed by atoms with Crippen molar-refractivity contribution in [3.8, 4) is 0 Å². The van der Waals surface area contributed by atoms with Crippen LogP contribution in [-0.4, -0.2) is 0 Å². The first kappa shape index (κ1) is 17.3. The topological polar surface area (TPSA) is 24.7 Å². The number of hydrogen-bond donors (Lipinski definition) is 0. The second-order valence-corrected chi connectivity index (χ2v) is 8.28. The fourth-order valence-electron chi connectivity index (χ4n) is 2.91. The van der Waals surface area contributed by atoms with E-state index in [9.17, 15) is 0 Å². The molecule has 0 saturated heterocycles. The van der Waals surface area contributed by atoms with Gasteiger partial charge in [-0.15, -0.1) is 0 Å². The molecule has 0 heterocycles. The van der Waals surface area contributed by atoms with Crippen LogP contribution in [0.1, 0.15) is 0 Å². The van der Waals surface area contributed by atoms with Crippen molar-refractivity contribution in [1.29, 1.82) is 0 Å². The average Bonchev–Trinajstić information content (AvgIpc) is 2.75. The van der Waals surface area contributed by atoms with E-state index in [2.05, 4.69) is 89.1 Å². The molecular formula is C24H19N2P. The molecular weight excluding hydrogens is 347 g/mol.